The average molecular weight is 212 g/mol. The second-order valence-corrected chi connectivity index (χ2v) is 4.20. The summed E-state index contributed by atoms with van der Waals surface area (Å²) in [6, 6.07) is 0. The minimum absolute atomic E-state index is 0.168. The van der Waals surface area contributed by atoms with Gasteiger partial charge in [0.15, 0.2) is 0 Å². The molecule has 2 unspecified atom stereocenters. The largest absolute Gasteiger partial charge is 0.476 e. The van der Waals surface area contributed by atoms with Crippen molar-refractivity contribution in [3.05, 3.63) is 0 Å². The van der Waals surface area contributed by atoms with Crippen LogP contribution in [0, 0.1) is 0 Å². The minimum Gasteiger partial charge on any atom is -0.476 e. The molecule has 0 aromatic carbocycles. The SMILES string of the molecule is CC1OCCC1SC(F)(F)C(=O)O. The molecular formula is C7H10F2O3S. The van der Waals surface area contributed by atoms with Gasteiger partial charge in [0.25, 0.3) is 0 Å². The van der Waals surface area contributed by atoms with E-state index in [0.717, 1.165) is 0 Å². The van der Waals surface area contributed by atoms with Crippen LogP contribution >= 0.6 is 11.8 Å². The molecule has 0 aromatic heterocycles. The summed E-state index contributed by atoms with van der Waals surface area (Å²) in [5, 5.41) is 4.05. The maximum absolute atomic E-state index is 12.7. The number of carbonyl (C=O) groups is 1. The van der Waals surface area contributed by atoms with Crippen molar-refractivity contribution >= 4 is 17.7 Å². The zero-order valence-electron chi connectivity index (χ0n) is 7.00. The molecule has 1 rings (SSSR count). The zero-order valence-corrected chi connectivity index (χ0v) is 7.81. The number of carboxylic acid groups (broad SMARTS) is 1. The first-order chi connectivity index (χ1) is 5.93. The molecule has 1 aliphatic heterocycles. The van der Waals surface area contributed by atoms with E-state index in [1.165, 1.54) is 0 Å². The Labute approximate surface area is 78.4 Å². The molecule has 0 aromatic rings. The van der Waals surface area contributed by atoms with Gasteiger partial charge < -0.3 is 9.84 Å². The van der Waals surface area contributed by atoms with E-state index in [1.54, 1.807) is 6.92 Å². The van der Waals surface area contributed by atoms with Crippen molar-refractivity contribution in [1.29, 1.82) is 0 Å². The van der Waals surface area contributed by atoms with Gasteiger partial charge in [0, 0.05) is 11.9 Å². The standard InChI is InChI=1S/C7H10F2O3S/c1-4-5(2-3-12-4)13-7(8,9)6(10)11/h4-5H,2-3H2,1H3,(H,10,11). The lowest BCUT2D eigenvalue weighted by Crippen LogP contribution is -2.29. The topological polar surface area (TPSA) is 46.5 Å². The van der Waals surface area contributed by atoms with E-state index in [9.17, 15) is 13.6 Å². The lowest BCUT2D eigenvalue weighted by atomic mass is 10.3. The number of aliphatic carboxylic acids is 1. The quantitative estimate of drug-likeness (QED) is 0.771. The van der Waals surface area contributed by atoms with Gasteiger partial charge in [-0.1, -0.05) is 11.8 Å². The Balaban J connectivity index is 2.52. The van der Waals surface area contributed by atoms with Crippen molar-refractivity contribution in [2.75, 3.05) is 6.61 Å². The lowest BCUT2D eigenvalue weighted by molar-refractivity contribution is -0.152. The van der Waals surface area contributed by atoms with Gasteiger partial charge >= 0.3 is 11.2 Å². The molecule has 0 spiro atoms. The van der Waals surface area contributed by atoms with E-state index in [2.05, 4.69) is 0 Å². The molecule has 0 saturated carbocycles. The Bertz CT molecular complexity index is 210. The van der Waals surface area contributed by atoms with Crippen molar-refractivity contribution in [3.63, 3.8) is 0 Å². The monoisotopic (exact) mass is 212 g/mol. The van der Waals surface area contributed by atoms with Crippen LogP contribution in [0.25, 0.3) is 0 Å². The lowest BCUT2D eigenvalue weighted by Gasteiger charge is -2.17. The smallest absolute Gasteiger partial charge is 0.389 e. The van der Waals surface area contributed by atoms with Crippen molar-refractivity contribution in [2.45, 2.75) is 30.0 Å². The molecule has 6 heteroatoms. The first-order valence-corrected chi connectivity index (χ1v) is 4.72. The number of hydrogen-bond donors (Lipinski definition) is 1. The number of carboxylic acids is 1. The summed E-state index contributed by atoms with van der Waals surface area (Å²) >= 11 is 0.168. The maximum Gasteiger partial charge on any atom is 0.389 e. The summed E-state index contributed by atoms with van der Waals surface area (Å²) in [7, 11) is 0. The Morgan fingerprint density at radius 2 is 2.31 bits per heavy atom. The first kappa shape index (κ1) is 10.7. The third kappa shape index (κ3) is 2.54. The highest BCUT2D eigenvalue weighted by atomic mass is 32.2. The molecule has 13 heavy (non-hydrogen) atoms. The van der Waals surface area contributed by atoms with Gasteiger partial charge in [0.1, 0.15) is 0 Å². The summed E-state index contributed by atoms with van der Waals surface area (Å²) in [4.78, 5) is 10.1. The third-order valence-electron chi connectivity index (χ3n) is 1.86. The van der Waals surface area contributed by atoms with Crippen molar-refractivity contribution in [1.82, 2.24) is 0 Å². The first-order valence-electron chi connectivity index (χ1n) is 3.84. The Morgan fingerprint density at radius 1 is 1.69 bits per heavy atom. The maximum atomic E-state index is 12.7. The van der Waals surface area contributed by atoms with Crippen LogP contribution in [0.2, 0.25) is 0 Å². The van der Waals surface area contributed by atoms with E-state index < -0.39 is 16.5 Å². The summed E-state index contributed by atoms with van der Waals surface area (Å²) in [5.41, 5.74) is 0. The number of ether oxygens (including phenoxy) is 1. The molecule has 0 amide bonds. The minimum atomic E-state index is -3.70. The van der Waals surface area contributed by atoms with E-state index in [-0.39, 0.29) is 17.9 Å². The number of rotatable bonds is 3. The number of halogens is 2. The highest BCUT2D eigenvalue weighted by molar-refractivity contribution is 8.01. The predicted molar refractivity (Wildman–Crippen MR) is 44.0 cm³/mol. The highest BCUT2D eigenvalue weighted by Crippen LogP contribution is 2.38. The number of hydrogen-bond acceptors (Lipinski definition) is 3. The average Bonchev–Trinajstić information content (AvgIpc) is 2.35. The molecule has 2 atom stereocenters. The van der Waals surface area contributed by atoms with Crippen LogP contribution in [0.3, 0.4) is 0 Å². The van der Waals surface area contributed by atoms with Crippen LogP contribution in [0.5, 0.6) is 0 Å². The van der Waals surface area contributed by atoms with Crippen LogP contribution in [0.4, 0.5) is 8.78 Å². The van der Waals surface area contributed by atoms with E-state index in [4.69, 9.17) is 9.84 Å². The van der Waals surface area contributed by atoms with Crippen molar-refractivity contribution in [2.24, 2.45) is 0 Å². The third-order valence-corrected chi connectivity index (χ3v) is 3.25. The molecule has 1 aliphatic rings. The number of thioether (sulfide) groups is 1. The van der Waals surface area contributed by atoms with Crippen LogP contribution in [0.1, 0.15) is 13.3 Å². The predicted octanol–water partition coefficient (Wildman–Crippen LogP) is 1.57. The number of alkyl halides is 2. The van der Waals surface area contributed by atoms with Gasteiger partial charge in [0.2, 0.25) is 0 Å². The van der Waals surface area contributed by atoms with Crippen molar-refractivity contribution < 1.29 is 23.4 Å². The Hall–Kier alpha value is -0.360. The zero-order chi connectivity index (χ0) is 10.1. The molecule has 1 N–H and O–H groups in total. The molecular weight excluding hydrogens is 202 g/mol. The summed E-state index contributed by atoms with van der Waals surface area (Å²) < 4.78 is 30.4. The van der Waals surface area contributed by atoms with Crippen LogP contribution in [0.15, 0.2) is 0 Å². The highest BCUT2D eigenvalue weighted by Gasteiger charge is 2.44. The van der Waals surface area contributed by atoms with Gasteiger partial charge in [-0.05, 0) is 13.3 Å². The van der Waals surface area contributed by atoms with E-state index in [0.29, 0.717) is 13.0 Å². The second-order valence-electron chi connectivity index (χ2n) is 2.84. The van der Waals surface area contributed by atoms with Gasteiger partial charge in [-0.15, -0.1) is 0 Å². The fraction of sp³-hybridized carbons (Fsp3) is 0.857. The van der Waals surface area contributed by atoms with E-state index >= 15 is 0 Å². The Kier molecular flexibility index (Phi) is 3.13. The fourth-order valence-electron chi connectivity index (χ4n) is 1.11. The Morgan fingerprint density at radius 3 is 2.69 bits per heavy atom. The molecule has 0 bridgehead atoms. The molecule has 1 fully saturated rings. The van der Waals surface area contributed by atoms with Crippen LogP contribution in [-0.2, 0) is 9.53 Å². The molecule has 0 aliphatic carbocycles. The molecule has 1 heterocycles. The summed E-state index contributed by atoms with van der Waals surface area (Å²) in [5.74, 6) is -2.09. The second kappa shape index (κ2) is 3.79. The van der Waals surface area contributed by atoms with Gasteiger partial charge in [-0.3, -0.25) is 0 Å². The van der Waals surface area contributed by atoms with Crippen molar-refractivity contribution in [3.8, 4) is 0 Å². The van der Waals surface area contributed by atoms with E-state index in [1.807, 2.05) is 0 Å². The van der Waals surface area contributed by atoms with Crippen LogP contribution < -0.4 is 0 Å². The van der Waals surface area contributed by atoms with Gasteiger partial charge in [0.05, 0.1) is 6.10 Å². The van der Waals surface area contributed by atoms with Crippen LogP contribution in [-0.4, -0.2) is 34.3 Å². The van der Waals surface area contributed by atoms with Gasteiger partial charge in [-0.2, -0.15) is 8.78 Å². The van der Waals surface area contributed by atoms with Gasteiger partial charge in [-0.25, -0.2) is 4.79 Å². The molecule has 1 saturated heterocycles. The molecule has 0 radical (unpaired) electrons. The summed E-state index contributed by atoms with van der Waals surface area (Å²) in [6.07, 6.45) is 0.185. The fourth-order valence-corrected chi connectivity index (χ4v) is 2.07. The molecule has 3 nitrogen and oxygen atoms in total. The summed E-state index contributed by atoms with van der Waals surface area (Å²) in [6.45, 7) is 2.09. The normalized spacial score (nSPS) is 29.2. The molecule has 76 valence electrons.